The average Bonchev–Trinajstić information content (AvgIpc) is 2.85. The molecule has 100 valence electrons. The molecule has 20 heavy (non-hydrogen) atoms. The fourth-order valence-electron chi connectivity index (χ4n) is 2.05. The maximum absolute atomic E-state index is 6.17. The Morgan fingerprint density at radius 3 is 2.45 bits per heavy atom. The molecule has 5 nitrogen and oxygen atoms in total. The minimum absolute atomic E-state index is 0.527. The molecule has 2 aromatic heterocycles. The molecule has 0 saturated carbocycles. The molecular formula is C15H15N5. The molecule has 0 fully saturated rings. The van der Waals surface area contributed by atoms with Crippen molar-refractivity contribution in [1.82, 2.24) is 20.0 Å². The van der Waals surface area contributed by atoms with E-state index in [-0.39, 0.29) is 0 Å². The lowest BCUT2D eigenvalue weighted by Crippen LogP contribution is -2.03. The summed E-state index contributed by atoms with van der Waals surface area (Å²) in [6.07, 6.45) is 3.42. The summed E-state index contributed by atoms with van der Waals surface area (Å²) in [4.78, 5) is 3.99. The number of aromatic nitrogens is 4. The smallest absolute Gasteiger partial charge is 0.155 e. The van der Waals surface area contributed by atoms with Gasteiger partial charge in [-0.15, -0.1) is 5.10 Å². The van der Waals surface area contributed by atoms with Gasteiger partial charge in [-0.2, -0.15) is 4.68 Å². The standard InChI is InChI=1S/C15H15N5/c1-10-3-4-13(9-11(10)2)20-15(16)14(18-19-20)12-5-7-17-8-6-12/h3-9H,16H2,1-2H3. The molecule has 2 heterocycles. The average molecular weight is 265 g/mol. The van der Waals surface area contributed by atoms with E-state index in [0.717, 1.165) is 11.3 Å². The molecule has 2 N–H and O–H groups in total. The Morgan fingerprint density at radius 2 is 1.75 bits per heavy atom. The van der Waals surface area contributed by atoms with Gasteiger partial charge in [0.05, 0.1) is 5.69 Å². The third kappa shape index (κ3) is 2.03. The highest BCUT2D eigenvalue weighted by atomic mass is 15.5. The van der Waals surface area contributed by atoms with Gasteiger partial charge in [0, 0.05) is 18.0 Å². The van der Waals surface area contributed by atoms with Crippen molar-refractivity contribution < 1.29 is 0 Å². The first-order valence-corrected chi connectivity index (χ1v) is 6.36. The molecule has 5 heteroatoms. The highest BCUT2D eigenvalue weighted by Gasteiger charge is 2.13. The van der Waals surface area contributed by atoms with Crippen molar-refractivity contribution in [2.45, 2.75) is 13.8 Å². The summed E-state index contributed by atoms with van der Waals surface area (Å²) in [6.45, 7) is 4.14. The Morgan fingerprint density at radius 1 is 1.00 bits per heavy atom. The Kier molecular flexibility index (Phi) is 2.95. The van der Waals surface area contributed by atoms with Crippen LogP contribution < -0.4 is 5.73 Å². The number of hydrogen-bond acceptors (Lipinski definition) is 4. The molecule has 0 bridgehead atoms. The van der Waals surface area contributed by atoms with Crippen LogP contribution in [-0.4, -0.2) is 20.0 Å². The van der Waals surface area contributed by atoms with Gasteiger partial charge in [0.2, 0.25) is 0 Å². The zero-order valence-electron chi connectivity index (χ0n) is 11.4. The van der Waals surface area contributed by atoms with Crippen LogP contribution in [0.5, 0.6) is 0 Å². The first kappa shape index (κ1) is 12.3. The molecule has 3 aromatic rings. The van der Waals surface area contributed by atoms with E-state index in [0.29, 0.717) is 11.5 Å². The van der Waals surface area contributed by atoms with Crippen molar-refractivity contribution in [3.63, 3.8) is 0 Å². The third-order valence-corrected chi connectivity index (χ3v) is 3.39. The number of anilines is 1. The largest absolute Gasteiger partial charge is 0.382 e. The molecule has 1 aromatic carbocycles. The maximum atomic E-state index is 6.17. The third-order valence-electron chi connectivity index (χ3n) is 3.39. The highest BCUT2D eigenvalue weighted by molar-refractivity contribution is 5.70. The van der Waals surface area contributed by atoms with Crippen LogP contribution >= 0.6 is 0 Å². The SMILES string of the molecule is Cc1ccc(-n2nnc(-c3ccncc3)c2N)cc1C. The lowest BCUT2D eigenvalue weighted by molar-refractivity contribution is 0.809. The van der Waals surface area contributed by atoms with E-state index in [9.17, 15) is 0 Å². The normalized spacial score (nSPS) is 10.7. The van der Waals surface area contributed by atoms with Crippen molar-refractivity contribution in [2.24, 2.45) is 0 Å². The van der Waals surface area contributed by atoms with Crippen LogP contribution in [0.1, 0.15) is 11.1 Å². The van der Waals surface area contributed by atoms with Gasteiger partial charge in [-0.3, -0.25) is 4.98 Å². The van der Waals surface area contributed by atoms with Crippen LogP contribution in [0.3, 0.4) is 0 Å². The lowest BCUT2D eigenvalue weighted by Gasteiger charge is -2.06. The second kappa shape index (κ2) is 4.77. The molecular weight excluding hydrogens is 250 g/mol. The first-order valence-electron chi connectivity index (χ1n) is 6.36. The predicted octanol–water partition coefficient (Wildman–Crippen LogP) is 2.53. The first-order chi connectivity index (χ1) is 9.66. The van der Waals surface area contributed by atoms with Crippen molar-refractivity contribution in [3.05, 3.63) is 53.9 Å². The molecule has 0 aliphatic heterocycles. The fourth-order valence-corrected chi connectivity index (χ4v) is 2.05. The summed E-state index contributed by atoms with van der Waals surface area (Å²) in [5.41, 5.74) is 11.1. The molecule has 0 unspecified atom stereocenters. The summed E-state index contributed by atoms with van der Waals surface area (Å²) < 4.78 is 1.65. The van der Waals surface area contributed by atoms with Gasteiger partial charge in [-0.25, -0.2) is 0 Å². The molecule has 0 atom stereocenters. The van der Waals surface area contributed by atoms with Crippen molar-refractivity contribution in [1.29, 1.82) is 0 Å². The van der Waals surface area contributed by atoms with Crippen LogP contribution in [0, 0.1) is 13.8 Å². The van der Waals surface area contributed by atoms with E-state index in [1.54, 1.807) is 17.1 Å². The number of aryl methyl sites for hydroxylation is 2. The topological polar surface area (TPSA) is 69.6 Å². The van der Waals surface area contributed by atoms with Gasteiger partial charge in [-0.1, -0.05) is 11.3 Å². The van der Waals surface area contributed by atoms with Crippen molar-refractivity contribution >= 4 is 5.82 Å². The number of pyridine rings is 1. The number of nitrogen functional groups attached to an aromatic ring is 1. The Bertz CT molecular complexity index is 746. The van der Waals surface area contributed by atoms with Crippen LogP contribution in [0.2, 0.25) is 0 Å². The minimum atomic E-state index is 0.527. The molecule has 0 amide bonds. The molecule has 0 aliphatic carbocycles. The van der Waals surface area contributed by atoms with Gasteiger partial charge in [0.25, 0.3) is 0 Å². The van der Waals surface area contributed by atoms with Crippen LogP contribution in [0.25, 0.3) is 16.9 Å². The molecule has 0 radical (unpaired) electrons. The zero-order chi connectivity index (χ0) is 14.1. The number of hydrogen-bond donors (Lipinski definition) is 1. The van der Waals surface area contributed by atoms with Gasteiger partial charge in [0.15, 0.2) is 5.82 Å². The fraction of sp³-hybridized carbons (Fsp3) is 0.133. The summed E-state index contributed by atoms with van der Waals surface area (Å²) in [6, 6.07) is 9.83. The van der Waals surface area contributed by atoms with E-state index in [1.807, 2.05) is 18.2 Å². The van der Waals surface area contributed by atoms with Crippen LogP contribution in [0.15, 0.2) is 42.7 Å². The number of nitrogens with two attached hydrogens (primary N) is 1. The summed E-state index contributed by atoms with van der Waals surface area (Å²) in [7, 11) is 0. The van der Waals surface area contributed by atoms with Gasteiger partial charge < -0.3 is 5.73 Å². The lowest BCUT2D eigenvalue weighted by atomic mass is 10.1. The summed E-state index contributed by atoms with van der Waals surface area (Å²) in [5.74, 6) is 0.527. The monoisotopic (exact) mass is 265 g/mol. The van der Waals surface area contributed by atoms with E-state index in [1.165, 1.54) is 11.1 Å². The van der Waals surface area contributed by atoms with E-state index >= 15 is 0 Å². The number of benzene rings is 1. The second-order valence-corrected chi connectivity index (χ2v) is 4.74. The van der Waals surface area contributed by atoms with Gasteiger partial charge in [-0.05, 0) is 49.2 Å². The zero-order valence-corrected chi connectivity index (χ0v) is 11.4. The molecule has 0 spiro atoms. The second-order valence-electron chi connectivity index (χ2n) is 4.74. The van der Waals surface area contributed by atoms with E-state index in [2.05, 4.69) is 41.3 Å². The molecule has 0 aliphatic rings. The quantitative estimate of drug-likeness (QED) is 0.773. The Hall–Kier alpha value is -2.69. The molecule has 3 rings (SSSR count). The van der Waals surface area contributed by atoms with Gasteiger partial charge in [0.1, 0.15) is 5.69 Å². The van der Waals surface area contributed by atoms with Crippen LogP contribution in [-0.2, 0) is 0 Å². The predicted molar refractivity (Wildman–Crippen MR) is 78.5 cm³/mol. The highest BCUT2D eigenvalue weighted by Crippen LogP contribution is 2.25. The van der Waals surface area contributed by atoms with E-state index < -0.39 is 0 Å². The molecule has 0 saturated heterocycles. The summed E-state index contributed by atoms with van der Waals surface area (Å²) >= 11 is 0. The number of nitrogens with zero attached hydrogens (tertiary/aromatic N) is 4. The maximum Gasteiger partial charge on any atom is 0.155 e. The summed E-state index contributed by atoms with van der Waals surface area (Å²) in [5, 5.41) is 8.33. The minimum Gasteiger partial charge on any atom is -0.382 e. The Labute approximate surface area is 117 Å². The van der Waals surface area contributed by atoms with Crippen LogP contribution in [0.4, 0.5) is 5.82 Å². The number of rotatable bonds is 2. The van der Waals surface area contributed by atoms with Crippen molar-refractivity contribution in [3.8, 4) is 16.9 Å². The van der Waals surface area contributed by atoms with Crippen molar-refractivity contribution in [2.75, 3.05) is 5.73 Å². The Balaban J connectivity index is 2.08. The van der Waals surface area contributed by atoms with Gasteiger partial charge >= 0.3 is 0 Å². The van der Waals surface area contributed by atoms with E-state index in [4.69, 9.17) is 5.73 Å².